The SMILES string of the molecule is CCCCOc1ccc(C2(CC)Nc3ccccc3C(=O)N2CCCC)cc1. The summed E-state index contributed by atoms with van der Waals surface area (Å²) in [5.41, 5.74) is 2.21. The molecule has 1 amide bonds. The highest BCUT2D eigenvalue weighted by Crippen LogP contribution is 2.40. The third kappa shape index (κ3) is 3.87. The number of para-hydroxylation sites is 1. The van der Waals surface area contributed by atoms with Crippen LogP contribution in [-0.2, 0) is 5.66 Å². The van der Waals surface area contributed by atoms with Gasteiger partial charge in [0.2, 0.25) is 0 Å². The maximum absolute atomic E-state index is 13.4. The first kappa shape index (κ1) is 20.2. The molecule has 0 fully saturated rings. The molecule has 0 radical (unpaired) electrons. The van der Waals surface area contributed by atoms with Gasteiger partial charge in [0.15, 0.2) is 0 Å². The normalized spacial score (nSPS) is 18.5. The van der Waals surface area contributed by atoms with Gasteiger partial charge in [-0.3, -0.25) is 4.79 Å². The molecule has 0 saturated carbocycles. The second-order valence-corrected chi connectivity index (χ2v) is 7.42. The highest BCUT2D eigenvalue weighted by atomic mass is 16.5. The largest absolute Gasteiger partial charge is 0.494 e. The van der Waals surface area contributed by atoms with Gasteiger partial charge in [-0.25, -0.2) is 0 Å². The van der Waals surface area contributed by atoms with Gasteiger partial charge in [0.05, 0.1) is 12.2 Å². The molecule has 4 nitrogen and oxygen atoms in total. The van der Waals surface area contributed by atoms with Crippen LogP contribution in [0.15, 0.2) is 48.5 Å². The van der Waals surface area contributed by atoms with E-state index in [0.29, 0.717) is 0 Å². The lowest BCUT2D eigenvalue weighted by Gasteiger charge is -2.48. The number of anilines is 1. The number of nitrogens with zero attached hydrogens (tertiary/aromatic N) is 1. The van der Waals surface area contributed by atoms with Crippen molar-refractivity contribution in [3.63, 3.8) is 0 Å². The maximum atomic E-state index is 13.4. The van der Waals surface area contributed by atoms with Gasteiger partial charge < -0.3 is 15.0 Å². The van der Waals surface area contributed by atoms with Crippen molar-refractivity contribution in [2.45, 2.75) is 58.5 Å². The summed E-state index contributed by atoms with van der Waals surface area (Å²) in [6.07, 6.45) is 4.99. The van der Waals surface area contributed by atoms with E-state index in [-0.39, 0.29) is 5.91 Å². The van der Waals surface area contributed by atoms with E-state index in [0.717, 1.165) is 67.8 Å². The van der Waals surface area contributed by atoms with Crippen LogP contribution in [0, 0.1) is 0 Å². The van der Waals surface area contributed by atoms with Gasteiger partial charge in [-0.15, -0.1) is 0 Å². The molecule has 0 aliphatic carbocycles. The zero-order valence-corrected chi connectivity index (χ0v) is 17.3. The van der Waals surface area contributed by atoms with Crippen LogP contribution in [0.4, 0.5) is 5.69 Å². The number of carbonyl (C=O) groups is 1. The number of ether oxygens (including phenoxy) is 1. The lowest BCUT2D eigenvalue weighted by molar-refractivity contribution is 0.0478. The van der Waals surface area contributed by atoms with Gasteiger partial charge >= 0.3 is 0 Å². The molecule has 0 saturated heterocycles. The van der Waals surface area contributed by atoms with E-state index in [1.165, 1.54) is 0 Å². The molecule has 28 heavy (non-hydrogen) atoms. The summed E-state index contributed by atoms with van der Waals surface area (Å²) >= 11 is 0. The molecule has 1 aliphatic rings. The summed E-state index contributed by atoms with van der Waals surface area (Å²) in [4.78, 5) is 15.4. The van der Waals surface area contributed by atoms with Crippen LogP contribution >= 0.6 is 0 Å². The molecule has 1 atom stereocenters. The Morgan fingerprint density at radius 3 is 2.36 bits per heavy atom. The number of unbranched alkanes of at least 4 members (excludes halogenated alkanes) is 2. The predicted octanol–water partition coefficient (Wildman–Crippen LogP) is 5.80. The molecule has 150 valence electrons. The molecule has 4 heteroatoms. The summed E-state index contributed by atoms with van der Waals surface area (Å²) in [7, 11) is 0. The van der Waals surface area contributed by atoms with Crippen molar-refractivity contribution in [1.82, 2.24) is 4.90 Å². The number of rotatable bonds is 9. The van der Waals surface area contributed by atoms with E-state index in [1.807, 2.05) is 41.3 Å². The molecule has 0 aromatic heterocycles. The van der Waals surface area contributed by atoms with Crippen molar-refractivity contribution in [1.29, 1.82) is 0 Å². The Morgan fingerprint density at radius 1 is 0.964 bits per heavy atom. The first-order valence-corrected chi connectivity index (χ1v) is 10.6. The Balaban J connectivity index is 1.97. The molecule has 1 aliphatic heterocycles. The molecule has 0 bridgehead atoms. The highest BCUT2D eigenvalue weighted by molar-refractivity contribution is 6.02. The number of fused-ring (bicyclic) bond motifs is 1. The number of nitrogens with one attached hydrogen (secondary N) is 1. The Morgan fingerprint density at radius 2 is 1.68 bits per heavy atom. The van der Waals surface area contributed by atoms with Crippen molar-refractivity contribution in [2.75, 3.05) is 18.5 Å². The van der Waals surface area contributed by atoms with Gasteiger partial charge in [0.25, 0.3) is 5.91 Å². The average Bonchev–Trinajstić information content (AvgIpc) is 2.73. The summed E-state index contributed by atoms with van der Waals surface area (Å²) in [5.74, 6) is 0.985. The van der Waals surface area contributed by atoms with E-state index in [1.54, 1.807) is 0 Å². The number of carbonyl (C=O) groups excluding carboxylic acids is 1. The smallest absolute Gasteiger partial charge is 0.258 e. The molecule has 2 aromatic carbocycles. The van der Waals surface area contributed by atoms with Gasteiger partial charge in [-0.05, 0) is 49.1 Å². The van der Waals surface area contributed by atoms with Crippen LogP contribution in [0.2, 0.25) is 0 Å². The summed E-state index contributed by atoms with van der Waals surface area (Å²) in [6, 6.07) is 16.0. The summed E-state index contributed by atoms with van der Waals surface area (Å²) in [5, 5.41) is 3.70. The Bertz CT molecular complexity index is 787. The maximum Gasteiger partial charge on any atom is 0.258 e. The lowest BCUT2D eigenvalue weighted by Crippen LogP contribution is -2.57. The third-order valence-electron chi connectivity index (χ3n) is 5.55. The van der Waals surface area contributed by atoms with Gasteiger partial charge in [-0.2, -0.15) is 0 Å². The molecule has 1 N–H and O–H groups in total. The first-order chi connectivity index (χ1) is 13.7. The molecule has 1 heterocycles. The van der Waals surface area contributed by atoms with E-state index in [9.17, 15) is 4.79 Å². The highest BCUT2D eigenvalue weighted by Gasteiger charge is 2.44. The fraction of sp³-hybridized carbons (Fsp3) is 0.458. The monoisotopic (exact) mass is 380 g/mol. The average molecular weight is 381 g/mol. The number of amides is 1. The van der Waals surface area contributed by atoms with Gasteiger partial charge in [-0.1, -0.05) is 57.9 Å². The molecular weight excluding hydrogens is 348 g/mol. The third-order valence-corrected chi connectivity index (χ3v) is 5.55. The summed E-state index contributed by atoms with van der Waals surface area (Å²) in [6.45, 7) is 7.93. The number of hydrogen-bond donors (Lipinski definition) is 1. The van der Waals surface area contributed by atoms with E-state index >= 15 is 0 Å². The molecule has 1 unspecified atom stereocenters. The molecule has 0 spiro atoms. The Hall–Kier alpha value is -2.49. The van der Waals surface area contributed by atoms with Gasteiger partial charge in [0.1, 0.15) is 11.4 Å². The van der Waals surface area contributed by atoms with Crippen molar-refractivity contribution < 1.29 is 9.53 Å². The Labute approximate surface area is 168 Å². The molecular formula is C24H32N2O2. The zero-order valence-electron chi connectivity index (χ0n) is 17.3. The van der Waals surface area contributed by atoms with Crippen LogP contribution < -0.4 is 10.1 Å². The second-order valence-electron chi connectivity index (χ2n) is 7.42. The molecule has 2 aromatic rings. The quantitative estimate of drug-likeness (QED) is 0.559. The standard InChI is InChI=1S/C24H32N2O2/c1-4-7-17-26-23(27)21-11-9-10-12-22(21)25-24(26,6-3)19-13-15-20(16-14-19)28-18-8-5-2/h9-16,25H,4-8,17-18H2,1-3H3. The fourth-order valence-electron chi connectivity index (χ4n) is 3.87. The van der Waals surface area contributed by atoms with Crippen LogP contribution in [0.3, 0.4) is 0 Å². The van der Waals surface area contributed by atoms with Crippen LogP contribution in [-0.4, -0.2) is 24.0 Å². The minimum atomic E-state index is -0.539. The number of hydrogen-bond acceptors (Lipinski definition) is 3. The van der Waals surface area contributed by atoms with Crippen LogP contribution in [0.5, 0.6) is 5.75 Å². The molecule has 3 rings (SSSR count). The lowest BCUT2D eigenvalue weighted by atomic mass is 9.89. The zero-order chi connectivity index (χ0) is 20.0. The minimum absolute atomic E-state index is 0.105. The topological polar surface area (TPSA) is 41.6 Å². The predicted molar refractivity (Wildman–Crippen MR) is 115 cm³/mol. The van der Waals surface area contributed by atoms with Crippen molar-refractivity contribution in [2.24, 2.45) is 0 Å². The van der Waals surface area contributed by atoms with E-state index in [4.69, 9.17) is 4.74 Å². The minimum Gasteiger partial charge on any atom is -0.494 e. The van der Waals surface area contributed by atoms with Crippen molar-refractivity contribution >= 4 is 11.6 Å². The van der Waals surface area contributed by atoms with Crippen LogP contribution in [0.25, 0.3) is 0 Å². The van der Waals surface area contributed by atoms with Crippen molar-refractivity contribution in [3.8, 4) is 5.75 Å². The van der Waals surface area contributed by atoms with Crippen LogP contribution in [0.1, 0.15) is 68.8 Å². The second kappa shape index (κ2) is 9.13. The van der Waals surface area contributed by atoms with E-state index < -0.39 is 5.66 Å². The van der Waals surface area contributed by atoms with Crippen molar-refractivity contribution in [3.05, 3.63) is 59.7 Å². The fourth-order valence-corrected chi connectivity index (χ4v) is 3.87. The van der Waals surface area contributed by atoms with E-state index in [2.05, 4.69) is 38.2 Å². The first-order valence-electron chi connectivity index (χ1n) is 10.6. The summed E-state index contributed by atoms with van der Waals surface area (Å²) < 4.78 is 5.82. The Kier molecular flexibility index (Phi) is 6.61. The number of benzene rings is 2. The van der Waals surface area contributed by atoms with Gasteiger partial charge in [0, 0.05) is 12.2 Å².